The van der Waals surface area contributed by atoms with E-state index in [1.807, 2.05) is 32.5 Å². The van der Waals surface area contributed by atoms with E-state index in [9.17, 15) is 0 Å². The highest BCUT2D eigenvalue weighted by atomic mass is 35.5. The summed E-state index contributed by atoms with van der Waals surface area (Å²) in [5.74, 6) is 5.69. The van der Waals surface area contributed by atoms with Crippen LogP contribution >= 0.6 is 22.9 Å². The highest BCUT2D eigenvalue weighted by Crippen LogP contribution is 2.29. The Hall–Kier alpha value is -0.950. The van der Waals surface area contributed by atoms with Crippen molar-refractivity contribution in [1.82, 2.24) is 20.2 Å². The van der Waals surface area contributed by atoms with Crippen LogP contribution in [0.3, 0.4) is 0 Å². The monoisotopic (exact) mass is 299 g/mol. The molecular formula is C12H18ClN5S. The fraction of sp³-hybridized carbons (Fsp3) is 0.500. The summed E-state index contributed by atoms with van der Waals surface area (Å²) in [6, 6.07) is -0.00139. The number of nitrogens with two attached hydrogens (primary N) is 1. The number of rotatable bonds is 4. The molecule has 0 aromatic carbocycles. The third-order valence-corrected chi connectivity index (χ3v) is 4.79. The zero-order chi connectivity index (χ0) is 14.2. The largest absolute Gasteiger partial charge is 0.271 e. The van der Waals surface area contributed by atoms with Crippen molar-refractivity contribution in [1.29, 1.82) is 0 Å². The molecule has 0 spiro atoms. The van der Waals surface area contributed by atoms with E-state index in [2.05, 4.69) is 15.5 Å². The van der Waals surface area contributed by atoms with Crippen LogP contribution in [-0.2, 0) is 13.5 Å². The number of thiazole rings is 1. The Balaban J connectivity index is 2.31. The molecule has 2 rings (SSSR count). The second kappa shape index (κ2) is 5.58. The molecule has 0 bridgehead atoms. The number of halogens is 1. The third kappa shape index (κ3) is 2.81. The van der Waals surface area contributed by atoms with Crippen LogP contribution in [0, 0.1) is 20.8 Å². The van der Waals surface area contributed by atoms with Crippen LogP contribution in [0.2, 0.25) is 5.02 Å². The number of hydrazine groups is 1. The Morgan fingerprint density at radius 3 is 2.47 bits per heavy atom. The molecule has 5 nitrogen and oxygen atoms in total. The van der Waals surface area contributed by atoms with Crippen LogP contribution in [0.25, 0.3) is 0 Å². The van der Waals surface area contributed by atoms with Crippen LogP contribution in [-0.4, -0.2) is 14.8 Å². The van der Waals surface area contributed by atoms with E-state index in [0.717, 1.165) is 27.0 Å². The molecule has 1 atom stereocenters. The topological polar surface area (TPSA) is 68.8 Å². The first-order chi connectivity index (χ1) is 8.93. The van der Waals surface area contributed by atoms with Gasteiger partial charge in [-0.1, -0.05) is 11.6 Å². The zero-order valence-corrected chi connectivity index (χ0v) is 13.1. The molecule has 0 aliphatic rings. The Kier molecular flexibility index (Phi) is 4.25. The van der Waals surface area contributed by atoms with Gasteiger partial charge in [-0.05, 0) is 20.8 Å². The molecular weight excluding hydrogens is 282 g/mol. The van der Waals surface area contributed by atoms with Crippen molar-refractivity contribution < 1.29 is 0 Å². The first kappa shape index (κ1) is 14.5. The van der Waals surface area contributed by atoms with Crippen LogP contribution in [0.5, 0.6) is 0 Å². The van der Waals surface area contributed by atoms with Crippen molar-refractivity contribution >= 4 is 22.9 Å². The summed E-state index contributed by atoms with van der Waals surface area (Å²) in [4.78, 5) is 5.59. The molecule has 2 heterocycles. The predicted molar refractivity (Wildman–Crippen MR) is 78.3 cm³/mol. The summed E-state index contributed by atoms with van der Waals surface area (Å²) in [5.41, 5.74) is 5.69. The molecule has 0 amide bonds. The summed E-state index contributed by atoms with van der Waals surface area (Å²) in [6.07, 6.45) is 0.690. The van der Waals surface area contributed by atoms with Crippen molar-refractivity contribution in [2.75, 3.05) is 0 Å². The minimum Gasteiger partial charge on any atom is -0.271 e. The van der Waals surface area contributed by atoms with Gasteiger partial charge in [0.05, 0.1) is 33.2 Å². The second-order valence-electron chi connectivity index (χ2n) is 4.58. The van der Waals surface area contributed by atoms with Gasteiger partial charge < -0.3 is 0 Å². The number of nitrogens with zero attached hydrogens (tertiary/aromatic N) is 3. The van der Waals surface area contributed by atoms with Gasteiger partial charge in [0.2, 0.25) is 0 Å². The number of nitrogens with one attached hydrogen (secondary N) is 1. The molecule has 0 saturated carbocycles. The van der Waals surface area contributed by atoms with Crippen molar-refractivity contribution in [2.45, 2.75) is 33.2 Å². The lowest BCUT2D eigenvalue weighted by Crippen LogP contribution is -2.30. The van der Waals surface area contributed by atoms with Gasteiger partial charge in [-0.3, -0.25) is 16.0 Å². The summed E-state index contributed by atoms with van der Waals surface area (Å²) >= 11 is 7.94. The van der Waals surface area contributed by atoms with Crippen molar-refractivity contribution in [3.8, 4) is 0 Å². The predicted octanol–water partition coefficient (Wildman–Crippen LogP) is 2.20. The van der Waals surface area contributed by atoms with Gasteiger partial charge in [0.25, 0.3) is 0 Å². The molecule has 7 heteroatoms. The molecule has 0 aliphatic heterocycles. The maximum Gasteiger partial charge on any atom is 0.0900 e. The number of hydrogen-bond donors (Lipinski definition) is 2. The summed E-state index contributed by atoms with van der Waals surface area (Å²) in [7, 11) is 1.90. The molecule has 2 aromatic rings. The molecule has 1 unspecified atom stereocenters. The van der Waals surface area contributed by atoms with E-state index in [0.29, 0.717) is 11.4 Å². The fourth-order valence-corrected chi connectivity index (χ4v) is 3.42. The molecule has 3 N–H and O–H groups in total. The molecule has 0 fully saturated rings. The average Bonchev–Trinajstić information content (AvgIpc) is 2.79. The Labute approximate surface area is 121 Å². The standard InChI is InChI=1S/C12H18ClN5S/c1-6-11(13)10(18(4)17-6)5-9(16-14)12-7(2)15-8(3)19-12/h9,16H,5,14H2,1-4H3. The van der Waals surface area contributed by atoms with Gasteiger partial charge in [0.15, 0.2) is 0 Å². The molecule has 0 aliphatic carbocycles. The average molecular weight is 300 g/mol. The van der Waals surface area contributed by atoms with Crippen molar-refractivity contribution in [3.05, 3.63) is 32.0 Å². The lowest BCUT2D eigenvalue weighted by Gasteiger charge is -2.15. The highest BCUT2D eigenvalue weighted by Gasteiger charge is 2.21. The molecule has 2 aromatic heterocycles. The van der Waals surface area contributed by atoms with Gasteiger partial charge in [-0.15, -0.1) is 11.3 Å². The van der Waals surface area contributed by atoms with Crippen molar-refractivity contribution in [3.63, 3.8) is 0 Å². The minimum atomic E-state index is -0.00139. The number of hydrogen-bond acceptors (Lipinski definition) is 5. The molecule has 0 radical (unpaired) electrons. The van der Waals surface area contributed by atoms with E-state index < -0.39 is 0 Å². The lowest BCUT2D eigenvalue weighted by molar-refractivity contribution is 0.534. The van der Waals surface area contributed by atoms with Crippen molar-refractivity contribution in [2.24, 2.45) is 12.9 Å². The Bertz CT molecular complexity index is 589. The maximum absolute atomic E-state index is 6.28. The number of aryl methyl sites for hydroxylation is 4. The first-order valence-electron chi connectivity index (χ1n) is 6.02. The smallest absolute Gasteiger partial charge is 0.0900 e. The van der Waals surface area contributed by atoms with Crippen LogP contribution < -0.4 is 11.3 Å². The van der Waals surface area contributed by atoms with Gasteiger partial charge in [-0.25, -0.2) is 4.98 Å². The normalized spacial score (nSPS) is 12.9. The quantitative estimate of drug-likeness (QED) is 0.671. The van der Waals surface area contributed by atoms with Crippen LogP contribution in [0.1, 0.15) is 33.0 Å². The number of aromatic nitrogens is 3. The summed E-state index contributed by atoms with van der Waals surface area (Å²) in [6.45, 7) is 5.90. The third-order valence-electron chi connectivity index (χ3n) is 3.12. The van der Waals surface area contributed by atoms with E-state index in [4.69, 9.17) is 17.4 Å². The lowest BCUT2D eigenvalue weighted by atomic mass is 10.1. The van der Waals surface area contributed by atoms with Gasteiger partial charge in [0, 0.05) is 18.3 Å². The van der Waals surface area contributed by atoms with E-state index in [1.54, 1.807) is 11.3 Å². The summed E-state index contributed by atoms with van der Waals surface area (Å²) in [5, 5.41) is 6.07. The zero-order valence-electron chi connectivity index (χ0n) is 11.5. The minimum absolute atomic E-state index is 0.00139. The summed E-state index contributed by atoms with van der Waals surface area (Å²) < 4.78 is 1.81. The van der Waals surface area contributed by atoms with E-state index >= 15 is 0 Å². The van der Waals surface area contributed by atoms with Crippen LogP contribution in [0.15, 0.2) is 0 Å². The fourth-order valence-electron chi connectivity index (χ4n) is 2.19. The SMILES string of the molecule is Cc1nc(C)c(C(Cc2c(Cl)c(C)nn2C)NN)s1. The molecule has 0 saturated heterocycles. The van der Waals surface area contributed by atoms with E-state index in [1.165, 1.54) is 0 Å². The highest BCUT2D eigenvalue weighted by molar-refractivity contribution is 7.11. The Morgan fingerprint density at radius 1 is 1.37 bits per heavy atom. The first-order valence-corrected chi connectivity index (χ1v) is 7.21. The van der Waals surface area contributed by atoms with Crippen LogP contribution in [0.4, 0.5) is 0 Å². The molecule has 104 valence electrons. The van der Waals surface area contributed by atoms with Gasteiger partial charge >= 0.3 is 0 Å². The van der Waals surface area contributed by atoms with Gasteiger partial charge in [-0.2, -0.15) is 5.10 Å². The second-order valence-corrected chi connectivity index (χ2v) is 6.19. The Morgan fingerprint density at radius 2 is 2.05 bits per heavy atom. The van der Waals surface area contributed by atoms with Gasteiger partial charge in [0.1, 0.15) is 0 Å². The van der Waals surface area contributed by atoms with E-state index in [-0.39, 0.29) is 6.04 Å². The molecule has 19 heavy (non-hydrogen) atoms. The maximum atomic E-state index is 6.28.